The Morgan fingerprint density at radius 3 is 2.50 bits per heavy atom. The molecular weight excluding hydrogens is 522 g/mol. The Balaban J connectivity index is 1.31. The van der Waals surface area contributed by atoms with Gasteiger partial charge in [-0.1, -0.05) is 60.0 Å². The number of anilines is 1. The standard InChI is InChI=1S/C29H32ClN3O4S/c1-21-8-11-25(12-9-21)38(35,36)33-20-28(37-27-13-10-24(30)17-26(27)33)29(34)31-18-22-6-5-7-23(16-22)19-32-14-3-2-4-15-32/h5-13,16-17,28H,2-4,14-15,18-20H2,1H3,(H,31,34). The molecule has 1 unspecified atom stereocenters. The number of likely N-dealkylation sites (tertiary alicyclic amines) is 1. The van der Waals surface area contributed by atoms with E-state index in [1.807, 2.05) is 19.1 Å². The van der Waals surface area contributed by atoms with Gasteiger partial charge in [-0.15, -0.1) is 0 Å². The van der Waals surface area contributed by atoms with Crippen LogP contribution in [0.25, 0.3) is 0 Å². The van der Waals surface area contributed by atoms with Crippen molar-refractivity contribution in [2.24, 2.45) is 0 Å². The van der Waals surface area contributed by atoms with Crippen LogP contribution in [0.15, 0.2) is 71.6 Å². The minimum atomic E-state index is -3.95. The van der Waals surface area contributed by atoms with Crippen molar-refractivity contribution in [1.29, 1.82) is 0 Å². The summed E-state index contributed by atoms with van der Waals surface area (Å²) < 4.78 is 34.4. The molecular formula is C29H32ClN3O4S. The highest BCUT2D eigenvalue weighted by Crippen LogP contribution is 2.39. The number of aryl methyl sites for hydroxylation is 1. The Hall–Kier alpha value is -3.07. The van der Waals surface area contributed by atoms with E-state index < -0.39 is 16.1 Å². The molecule has 7 nitrogen and oxygen atoms in total. The first-order valence-corrected chi connectivity index (χ1v) is 14.7. The number of nitrogens with zero attached hydrogens (tertiary/aromatic N) is 2. The number of piperidine rings is 1. The second kappa shape index (κ2) is 11.4. The summed E-state index contributed by atoms with van der Waals surface area (Å²) in [4.78, 5) is 15.8. The van der Waals surface area contributed by atoms with Gasteiger partial charge in [0, 0.05) is 18.1 Å². The van der Waals surface area contributed by atoms with Crippen molar-refractivity contribution in [2.75, 3.05) is 23.9 Å². The Morgan fingerprint density at radius 1 is 1.00 bits per heavy atom. The van der Waals surface area contributed by atoms with Gasteiger partial charge >= 0.3 is 0 Å². The van der Waals surface area contributed by atoms with Crippen LogP contribution in [-0.4, -0.2) is 45.0 Å². The summed E-state index contributed by atoms with van der Waals surface area (Å²) in [5.41, 5.74) is 3.47. The van der Waals surface area contributed by atoms with Crippen molar-refractivity contribution in [3.63, 3.8) is 0 Å². The number of carbonyl (C=O) groups excluding carboxylic acids is 1. The van der Waals surface area contributed by atoms with Crippen molar-refractivity contribution in [2.45, 2.75) is 50.3 Å². The minimum Gasteiger partial charge on any atom is -0.476 e. The van der Waals surface area contributed by atoms with Gasteiger partial charge in [0.05, 0.1) is 17.1 Å². The molecule has 0 saturated carbocycles. The number of hydrogen-bond acceptors (Lipinski definition) is 5. The van der Waals surface area contributed by atoms with Crippen LogP contribution in [0.5, 0.6) is 5.75 Å². The molecule has 0 bridgehead atoms. The molecule has 0 radical (unpaired) electrons. The summed E-state index contributed by atoms with van der Waals surface area (Å²) in [6.45, 7) is 5.20. The average molecular weight is 554 g/mol. The number of amides is 1. The number of fused-ring (bicyclic) bond motifs is 1. The largest absolute Gasteiger partial charge is 0.476 e. The van der Waals surface area contributed by atoms with Crippen molar-refractivity contribution in [3.8, 4) is 5.75 Å². The fourth-order valence-electron chi connectivity index (χ4n) is 4.94. The molecule has 2 aliphatic heterocycles. The quantitative estimate of drug-likeness (QED) is 0.450. The van der Waals surface area contributed by atoms with Gasteiger partial charge in [0.1, 0.15) is 5.75 Å². The van der Waals surface area contributed by atoms with E-state index in [0.29, 0.717) is 23.0 Å². The van der Waals surface area contributed by atoms with Gasteiger partial charge in [-0.25, -0.2) is 8.42 Å². The van der Waals surface area contributed by atoms with Gasteiger partial charge in [0.15, 0.2) is 6.10 Å². The van der Waals surface area contributed by atoms with E-state index in [9.17, 15) is 13.2 Å². The first-order valence-electron chi connectivity index (χ1n) is 12.9. The van der Waals surface area contributed by atoms with Gasteiger partial charge < -0.3 is 10.1 Å². The molecule has 0 spiro atoms. The van der Waals surface area contributed by atoms with Gasteiger partial charge in [0.25, 0.3) is 15.9 Å². The van der Waals surface area contributed by atoms with Crippen LogP contribution in [0, 0.1) is 6.92 Å². The van der Waals surface area contributed by atoms with Crippen LogP contribution in [0.1, 0.15) is 36.0 Å². The molecule has 3 aromatic carbocycles. The Morgan fingerprint density at radius 2 is 1.74 bits per heavy atom. The van der Waals surface area contributed by atoms with Gasteiger partial charge in [-0.3, -0.25) is 14.0 Å². The second-order valence-corrected chi connectivity index (χ2v) is 12.2. The van der Waals surface area contributed by atoms with E-state index in [4.69, 9.17) is 16.3 Å². The summed E-state index contributed by atoms with van der Waals surface area (Å²) in [6, 6.07) is 19.6. The summed E-state index contributed by atoms with van der Waals surface area (Å²) in [5.74, 6) is -0.0869. The topological polar surface area (TPSA) is 79.0 Å². The third-order valence-electron chi connectivity index (χ3n) is 7.00. The van der Waals surface area contributed by atoms with Gasteiger partial charge in [-0.05, 0) is 74.3 Å². The van der Waals surface area contributed by atoms with Crippen molar-refractivity contribution >= 4 is 33.2 Å². The lowest BCUT2D eigenvalue weighted by Crippen LogP contribution is -2.50. The highest BCUT2D eigenvalue weighted by molar-refractivity contribution is 7.92. The maximum atomic E-state index is 13.6. The lowest BCUT2D eigenvalue weighted by Gasteiger charge is -2.35. The first kappa shape index (κ1) is 26.5. The van der Waals surface area contributed by atoms with Gasteiger partial charge in [0.2, 0.25) is 0 Å². The summed E-state index contributed by atoms with van der Waals surface area (Å²) in [7, 11) is -3.95. The molecule has 1 saturated heterocycles. The molecule has 2 aliphatic rings. The maximum Gasteiger partial charge on any atom is 0.264 e. The summed E-state index contributed by atoms with van der Waals surface area (Å²) in [6.07, 6.45) is 2.76. The SMILES string of the molecule is Cc1ccc(S(=O)(=O)N2CC(C(=O)NCc3cccc(CN4CCCCC4)c3)Oc3ccc(Cl)cc32)cc1. The number of halogens is 1. The zero-order valence-electron chi connectivity index (χ0n) is 21.4. The number of sulfonamides is 1. The van der Waals surface area contributed by atoms with Crippen LogP contribution in [0.2, 0.25) is 5.02 Å². The molecule has 200 valence electrons. The van der Waals surface area contributed by atoms with Crippen LogP contribution in [0.4, 0.5) is 5.69 Å². The van der Waals surface area contributed by atoms with Gasteiger partial charge in [-0.2, -0.15) is 0 Å². The van der Waals surface area contributed by atoms with Crippen molar-refractivity contribution in [3.05, 3.63) is 88.4 Å². The summed E-state index contributed by atoms with van der Waals surface area (Å²) in [5, 5.41) is 3.31. The van der Waals surface area contributed by atoms with Crippen LogP contribution in [0.3, 0.4) is 0 Å². The third kappa shape index (κ3) is 5.98. The first-order chi connectivity index (χ1) is 18.3. The van der Waals surface area contributed by atoms with Crippen LogP contribution in [-0.2, 0) is 27.9 Å². The number of rotatable bonds is 7. The molecule has 1 N–H and O–H groups in total. The van der Waals surface area contributed by atoms with E-state index in [-0.39, 0.29) is 17.3 Å². The Labute approximate surface area is 229 Å². The fraction of sp³-hybridized carbons (Fsp3) is 0.345. The zero-order valence-corrected chi connectivity index (χ0v) is 23.0. The smallest absolute Gasteiger partial charge is 0.264 e. The molecule has 38 heavy (non-hydrogen) atoms. The predicted molar refractivity (Wildman–Crippen MR) is 149 cm³/mol. The highest BCUT2D eigenvalue weighted by atomic mass is 35.5. The van der Waals surface area contributed by atoms with E-state index in [1.165, 1.54) is 29.1 Å². The number of hydrogen-bond donors (Lipinski definition) is 1. The summed E-state index contributed by atoms with van der Waals surface area (Å²) >= 11 is 6.19. The molecule has 9 heteroatoms. The number of nitrogens with one attached hydrogen (secondary N) is 1. The number of benzene rings is 3. The second-order valence-electron chi connectivity index (χ2n) is 9.94. The van der Waals surface area contributed by atoms with Crippen molar-refractivity contribution < 1.29 is 17.9 Å². The molecule has 1 amide bonds. The van der Waals surface area contributed by atoms with Crippen LogP contribution < -0.4 is 14.4 Å². The molecule has 0 aliphatic carbocycles. The third-order valence-corrected chi connectivity index (χ3v) is 9.03. The Kier molecular flexibility index (Phi) is 7.93. The predicted octanol–water partition coefficient (Wildman–Crippen LogP) is 4.91. The lowest BCUT2D eigenvalue weighted by molar-refractivity contribution is -0.127. The fourth-order valence-corrected chi connectivity index (χ4v) is 6.58. The average Bonchev–Trinajstić information content (AvgIpc) is 2.92. The normalized spacial score (nSPS) is 17.9. The number of ether oxygens (including phenoxy) is 1. The Bertz CT molecular complexity index is 1410. The minimum absolute atomic E-state index is 0.139. The van der Waals surface area contributed by atoms with Crippen LogP contribution >= 0.6 is 11.6 Å². The molecule has 1 atom stereocenters. The number of carbonyl (C=O) groups is 1. The molecule has 5 rings (SSSR count). The van der Waals surface area contributed by atoms with Crippen molar-refractivity contribution in [1.82, 2.24) is 10.2 Å². The molecule has 3 aromatic rings. The van der Waals surface area contributed by atoms with E-state index >= 15 is 0 Å². The molecule has 1 fully saturated rings. The van der Waals surface area contributed by atoms with E-state index in [0.717, 1.165) is 30.8 Å². The highest BCUT2D eigenvalue weighted by Gasteiger charge is 2.37. The maximum absolute atomic E-state index is 13.6. The van der Waals surface area contributed by atoms with E-state index in [1.54, 1.807) is 42.5 Å². The molecule has 0 aromatic heterocycles. The lowest BCUT2D eigenvalue weighted by atomic mass is 10.1. The zero-order chi connectivity index (χ0) is 26.7. The van der Waals surface area contributed by atoms with E-state index in [2.05, 4.69) is 22.3 Å². The monoisotopic (exact) mass is 553 g/mol. The molecule has 2 heterocycles.